The van der Waals surface area contributed by atoms with Crippen LogP contribution in [0.2, 0.25) is 0 Å². The minimum absolute atomic E-state index is 0.103. The fourth-order valence-corrected chi connectivity index (χ4v) is 2.85. The minimum Gasteiger partial charge on any atom is -0.486 e. The lowest BCUT2D eigenvalue weighted by Gasteiger charge is -2.14. The van der Waals surface area contributed by atoms with Crippen molar-refractivity contribution in [1.29, 1.82) is 0 Å². The Morgan fingerprint density at radius 1 is 1.21 bits per heavy atom. The van der Waals surface area contributed by atoms with Crippen molar-refractivity contribution >= 4 is 27.3 Å². The molecular weight excluding hydrogens is 322 g/mol. The Bertz CT molecular complexity index is 528. The molecule has 2 rings (SSSR count). The summed E-state index contributed by atoms with van der Waals surface area (Å²) in [5.74, 6) is 0.886. The van der Waals surface area contributed by atoms with Gasteiger partial charge in [0.1, 0.15) is 17.4 Å². The van der Waals surface area contributed by atoms with Gasteiger partial charge >= 0.3 is 0 Å². The average Bonchev–Trinajstić information content (AvgIpc) is 2.86. The summed E-state index contributed by atoms with van der Waals surface area (Å²) >= 11 is 5.09. The molecule has 1 heterocycles. The highest BCUT2D eigenvalue weighted by Gasteiger charge is 2.17. The smallest absolute Gasteiger partial charge is 0.140 e. The number of nitrogens with zero attached hydrogens (tertiary/aromatic N) is 1. The molecule has 102 valence electrons. The number of rotatable bonds is 4. The predicted octanol–water partition coefficient (Wildman–Crippen LogP) is 4.91. The van der Waals surface area contributed by atoms with Crippen LogP contribution in [0, 0.1) is 0 Å². The number of benzene rings is 1. The maximum atomic E-state index is 5.75. The van der Waals surface area contributed by atoms with Gasteiger partial charge < -0.3 is 4.74 Å². The summed E-state index contributed by atoms with van der Waals surface area (Å²) in [6, 6.07) is 8.11. The van der Waals surface area contributed by atoms with E-state index in [2.05, 4.69) is 59.2 Å². The maximum absolute atomic E-state index is 5.75. The number of thiazole rings is 1. The number of hydrogen-bond donors (Lipinski definition) is 0. The van der Waals surface area contributed by atoms with Crippen molar-refractivity contribution in [2.24, 2.45) is 0 Å². The van der Waals surface area contributed by atoms with E-state index in [1.165, 1.54) is 5.56 Å². The molecule has 1 aromatic heterocycles. The molecule has 0 unspecified atom stereocenters. The molecule has 0 fully saturated rings. The van der Waals surface area contributed by atoms with E-state index in [-0.39, 0.29) is 5.41 Å². The van der Waals surface area contributed by atoms with Crippen molar-refractivity contribution in [2.45, 2.75) is 38.1 Å². The van der Waals surface area contributed by atoms with Gasteiger partial charge in [-0.05, 0) is 17.7 Å². The topological polar surface area (TPSA) is 22.1 Å². The van der Waals surface area contributed by atoms with E-state index < -0.39 is 0 Å². The van der Waals surface area contributed by atoms with Crippen LogP contribution in [0.5, 0.6) is 5.75 Å². The Kier molecular flexibility index (Phi) is 4.63. The zero-order valence-electron chi connectivity index (χ0n) is 11.4. The van der Waals surface area contributed by atoms with Crippen molar-refractivity contribution in [3.8, 4) is 5.75 Å². The lowest BCUT2D eigenvalue weighted by molar-refractivity contribution is 0.305. The molecule has 2 nitrogen and oxygen atoms in total. The number of hydrogen-bond acceptors (Lipinski definition) is 3. The van der Waals surface area contributed by atoms with Crippen LogP contribution in [0.3, 0.4) is 0 Å². The van der Waals surface area contributed by atoms with Crippen molar-refractivity contribution in [2.75, 3.05) is 0 Å². The number of ether oxygens (including phenoxy) is 1. The quantitative estimate of drug-likeness (QED) is 0.738. The predicted molar refractivity (Wildman–Crippen MR) is 84.2 cm³/mol. The van der Waals surface area contributed by atoms with E-state index in [1.807, 2.05) is 12.1 Å². The summed E-state index contributed by atoms with van der Waals surface area (Å²) in [6.45, 7) is 7.05. The Morgan fingerprint density at radius 2 is 1.89 bits per heavy atom. The van der Waals surface area contributed by atoms with Crippen molar-refractivity contribution < 1.29 is 4.74 Å². The van der Waals surface area contributed by atoms with Crippen molar-refractivity contribution in [3.05, 3.63) is 45.9 Å². The molecule has 0 aliphatic rings. The van der Waals surface area contributed by atoms with E-state index in [9.17, 15) is 0 Å². The molecule has 0 saturated heterocycles. The van der Waals surface area contributed by atoms with Gasteiger partial charge in [-0.15, -0.1) is 11.3 Å². The van der Waals surface area contributed by atoms with Crippen LogP contribution >= 0.6 is 27.3 Å². The summed E-state index contributed by atoms with van der Waals surface area (Å²) in [6.07, 6.45) is 0. The van der Waals surface area contributed by atoms with Gasteiger partial charge in [0.25, 0.3) is 0 Å². The summed E-state index contributed by atoms with van der Waals surface area (Å²) in [5, 5.41) is 4.01. The Morgan fingerprint density at radius 3 is 2.42 bits per heavy atom. The number of halogens is 1. The Hall–Kier alpha value is -0.870. The standard InChI is InChI=1S/C15H18BrNOS/c1-15(2,3)13-10-19-14(17-13)9-18-12-6-4-11(8-16)5-7-12/h4-7,10H,8-9H2,1-3H3. The zero-order chi connectivity index (χ0) is 13.9. The fourth-order valence-electron chi connectivity index (χ4n) is 1.54. The molecular formula is C15H18BrNOS. The molecule has 0 aliphatic heterocycles. The van der Waals surface area contributed by atoms with Crippen molar-refractivity contribution in [1.82, 2.24) is 4.98 Å². The van der Waals surface area contributed by atoms with E-state index in [0.717, 1.165) is 21.8 Å². The summed E-state index contributed by atoms with van der Waals surface area (Å²) in [4.78, 5) is 4.62. The van der Waals surface area contributed by atoms with Gasteiger partial charge in [-0.25, -0.2) is 4.98 Å². The van der Waals surface area contributed by atoms with Gasteiger partial charge in [-0.3, -0.25) is 0 Å². The number of aromatic nitrogens is 1. The van der Waals surface area contributed by atoms with Crippen LogP contribution in [0.1, 0.15) is 37.0 Å². The van der Waals surface area contributed by atoms with Crippen LogP contribution in [0.15, 0.2) is 29.6 Å². The Balaban J connectivity index is 1.96. The van der Waals surface area contributed by atoms with Gasteiger partial charge in [0.05, 0.1) is 5.69 Å². The molecule has 0 radical (unpaired) electrons. The zero-order valence-corrected chi connectivity index (χ0v) is 13.8. The number of alkyl halides is 1. The molecule has 1 aromatic carbocycles. The first-order chi connectivity index (χ1) is 8.99. The molecule has 0 saturated carbocycles. The van der Waals surface area contributed by atoms with E-state index >= 15 is 0 Å². The van der Waals surface area contributed by atoms with Gasteiger partial charge in [0.15, 0.2) is 0 Å². The molecule has 0 atom stereocenters. The lowest BCUT2D eigenvalue weighted by atomic mass is 9.93. The second kappa shape index (κ2) is 6.06. The second-order valence-electron chi connectivity index (χ2n) is 5.44. The highest BCUT2D eigenvalue weighted by Crippen LogP contribution is 2.24. The first kappa shape index (κ1) is 14.5. The monoisotopic (exact) mass is 339 g/mol. The third-order valence-electron chi connectivity index (χ3n) is 2.76. The molecule has 0 N–H and O–H groups in total. The third kappa shape index (κ3) is 4.05. The molecule has 19 heavy (non-hydrogen) atoms. The largest absolute Gasteiger partial charge is 0.486 e. The first-order valence-corrected chi connectivity index (χ1v) is 8.22. The summed E-state index contributed by atoms with van der Waals surface area (Å²) < 4.78 is 5.75. The molecule has 0 spiro atoms. The first-order valence-electron chi connectivity index (χ1n) is 6.21. The van der Waals surface area contributed by atoms with E-state index in [0.29, 0.717) is 6.61 Å². The molecule has 4 heteroatoms. The van der Waals surface area contributed by atoms with E-state index in [4.69, 9.17) is 4.74 Å². The van der Waals surface area contributed by atoms with Gasteiger partial charge in [0.2, 0.25) is 0 Å². The normalized spacial score (nSPS) is 11.6. The van der Waals surface area contributed by atoms with Crippen molar-refractivity contribution in [3.63, 3.8) is 0 Å². The third-order valence-corrected chi connectivity index (χ3v) is 4.23. The van der Waals surface area contributed by atoms with E-state index in [1.54, 1.807) is 11.3 Å². The van der Waals surface area contributed by atoms with Crippen LogP contribution < -0.4 is 4.74 Å². The van der Waals surface area contributed by atoms with Crippen LogP contribution in [-0.4, -0.2) is 4.98 Å². The molecule has 0 bridgehead atoms. The summed E-state index contributed by atoms with van der Waals surface area (Å²) in [5.41, 5.74) is 2.48. The van der Waals surface area contributed by atoms with Crippen LogP contribution in [0.25, 0.3) is 0 Å². The van der Waals surface area contributed by atoms with Crippen LogP contribution in [-0.2, 0) is 17.4 Å². The SMILES string of the molecule is CC(C)(C)c1csc(COc2ccc(CBr)cc2)n1. The van der Waals surface area contributed by atoms with Crippen LogP contribution in [0.4, 0.5) is 0 Å². The van der Waals surface area contributed by atoms with Gasteiger partial charge in [0, 0.05) is 16.1 Å². The maximum Gasteiger partial charge on any atom is 0.140 e. The molecule has 0 aliphatic carbocycles. The summed E-state index contributed by atoms with van der Waals surface area (Å²) in [7, 11) is 0. The lowest BCUT2D eigenvalue weighted by Crippen LogP contribution is -2.11. The average molecular weight is 340 g/mol. The highest BCUT2D eigenvalue weighted by atomic mass is 79.9. The van der Waals surface area contributed by atoms with Gasteiger partial charge in [-0.1, -0.05) is 48.8 Å². The fraction of sp³-hybridized carbons (Fsp3) is 0.400. The minimum atomic E-state index is 0.103. The Labute approximate surface area is 127 Å². The highest BCUT2D eigenvalue weighted by molar-refractivity contribution is 9.08. The molecule has 0 amide bonds. The van der Waals surface area contributed by atoms with Gasteiger partial charge in [-0.2, -0.15) is 0 Å². The molecule has 2 aromatic rings. The second-order valence-corrected chi connectivity index (χ2v) is 6.95.